The Labute approximate surface area is 144 Å². The van der Waals surface area contributed by atoms with Gasteiger partial charge in [0.1, 0.15) is 10.8 Å². The molecule has 0 amide bonds. The Morgan fingerprint density at radius 2 is 2.09 bits per heavy atom. The van der Waals surface area contributed by atoms with Crippen molar-refractivity contribution in [2.24, 2.45) is 5.73 Å². The van der Waals surface area contributed by atoms with E-state index in [9.17, 15) is 0 Å². The number of ether oxygens (including phenoxy) is 1. The summed E-state index contributed by atoms with van der Waals surface area (Å²) in [5.41, 5.74) is 8.83. The number of halogens is 1. The summed E-state index contributed by atoms with van der Waals surface area (Å²) in [5.74, 6) is 0.811. The molecule has 0 aliphatic rings. The molecule has 118 valence electrons. The fraction of sp³-hybridized carbons (Fsp3) is 0.176. The van der Waals surface area contributed by atoms with E-state index in [0.29, 0.717) is 12.0 Å². The number of benzene rings is 2. The third-order valence-electron chi connectivity index (χ3n) is 3.51. The molecular formula is C17H16ClN3OS. The van der Waals surface area contributed by atoms with Crippen LogP contribution in [0, 0.1) is 11.3 Å². The first-order valence-electron chi connectivity index (χ1n) is 6.89. The van der Waals surface area contributed by atoms with Crippen LogP contribution in [0.15, 0.2) is 42.5 Å². The normalized spacial score (nSPS) is 11.5. The van der Waals surface area contributed by atoms with E-state index < -0.39 is 0 Å². The second kappa shape index (κ2) is 7.42. The summed E-state index contributed by atoms with van der Waals surface area (Å²) >= 11 is 1.57. The van der Waals surface area contributed by atoms with Crippen molar-refractivity contribution in [3.63, 3.8) is 0 Å². The van der Waals surface area contributed by atoms with Crippen LogP contribution >= 0.6 is 23.7 Å². The van der Waals surface area contributed by atoms with E-state index in [2.05, 4.69) is 11.1 Å². The van der Waals surface area contributed by atoms with Crippen LogP contribution in [0.25, 0.3) is 10.2 Å². The minimum absolute atomic E-state index is 0. The van der Waals surface area contributed by atoms with Crippen LogP contribution in [0.1, 0.15) is 22.2 Å². The lowest BCUT2D eigenvalue weighted by atomic mass is 10.0. The summed E-state index contributed by atoms with van der Waals surface area (Å²) in [6.45, 7) is 0. The van der Waals surface area contributed by atoms with Crippen LogP contribution < -0.4 is 10.5 Å². The SMILES string of the molecule is COc1ccc2nc([C@@H](N)Cc3ccccc3C#N)sc2c1.Cl. The van der Waals surface area contributed by atoms with Crippen molar-refractivity contribution in [1.29, 1.82) is 5.26 Å². The number of nitrogens with two attached hydrogens (primary N) is 1. The van der Waals surface area contributed by atoms with Crippen LogP contribution in [0.4, 0.5) is 0 Å². The van der Waals surface area contributed by atoms with Crippen molar-refractivity contribution in [3.05, 3.63) is 58.6 Å². The number of rotatable bonds is 4. The number of fused-ring (bicyclic) bond motifs is 1. The lowest BCUT2D eigenvalue weighted by Gasteiger charge is -2.09. The standard InChI is InChI=1S/C17H15N3OS.ClH/c1-21-13-6-7-15-16(9-13)22-17(20-15)14(19)8-11-4-2-3-5-12(11)10-18;/h2-7,9,14H,8,19H2,1H3;1H/t14-;/m0./s1. The van der Waals surface area contributed by atoms with Gasteiger partial charge >= 0.3 is 0 Å². The van der Waals surface area contributed by atoms with E-state index in [1.165, 1.54) is 0 Å². The van der Waals surface area contributed by atoms with Gasteiger partial charge in [0.15, 0.2) is 0 Å². The maximum atomic E-state index is 9.16. The third-order valence-corrected chi connectivity index (χ3v) is 4.66. The molecule has 0 bridgehead atoms. The number of nitrogens with zero attached hydrogens (tertiary/aromatic N) is 2. The van der Waals surface area contributed by atoms with Crippen molar-refractivity contribution in [1.82, 2.24) is 4.98 Å². The van der Waals surface area contributed by atoms with E-state index in [4.69, 9.17) is 15.7 Å². The molecule has 0 saturated carbocycles. The highest BCUT2D eigenvalue weighted by molar-refractivity contribution is 7.18. The Bertz CT molecular complexity index is 856. The van der Waals surface area contributed by atoms with Gasteiger partial charge in [-0.25, -0.2) is 4.98 Å². The van der Waals surface area contributed by atoms with Crippen LogP contribution in [-0.4, -0.2) is 12.1 Å². The molecule has 1 aromatic heterocycles. The predicted octanol–water partition coefficient (Wildman–Crippen LogP) is 3.84. The van der Waals surface area contributed by atoms with E-state index in [-0.39, 0.29) is 18.4 Å². The third kappa shape index (κ3) is 3.62. The van der Waals surface area contributed by atoms with Gasteiger partial charge in [-0.2, -0.15) is 5.26 Å². The molecule has 0 radical (unpaired) electrons. The monoisotopic (exact) mass is 345 g/mol. The summed E-state index contributed by atoms with van der Waals surface area (Å²) in [6.07, 6.45) is 0.598. The summed E-state index contributed by atoms with van der Waals surface area (Å²) < 4.78 is 6.28. The molecule has 6 heteroatoms. The molecule has 0 aliphatic carbocycles. The fourth-order valence-corrected chi connectivity index (χ4v) is 3.34. The Balaban J connectivity index is 0.00000192. The zero-order valence-electron chi connectivity index (χ0n) is 12.5. The Morgan fingerprint density at radius 3 is 2.83 bits per heavy atom. The zero-order valence-corrected chi connectivity index (χ0v) is 14.2. The number of thiazole rings is 1. The Kier molecular flexibility index (Phi) is 5.56. The maximum Gasteiger partial charge on any atom is 0.120 e. The van der Waals surface area contributed by atoms with E-state index in [1.54, 1.807) is 18.4 Å². The molecule has 0 unspecified atom stereocenters. The molecule has 3 rings (SSSR count). The van der Waals surface area contributed by atoms with Crippen molar-refractivity contribution in [3.8, 4) is 11.8 Å². The van der Waals surface area contributed by atoms with Crippen molar-refractivity contribution in [2.45, 2.75) is 12.5 Å². The molecule has 1 heterocycles. The van der Waals surface area contributed by atoms with E-state index in [0.717, 1.165) is 26.5 Å². The van der Waals surface area contributed by atoms with Crippen molar-refractivity contribution < 1.29 is 4.74 Å². The predicted molar refractivity (Wildman–Crippen MR) is 95.2 cm³/mol. The molecule has 2 N–H and O–H groups in total. The molecule has 2 aromatic carbocycles. The first-order chi connectivity index (χ1) is 10.7. The molecule has 3 aromatic rings. The van der Waals surface area contributed by atoms with E-state index in [1.807, 2.05) is 42.5 Å². The Hall–Kier alpha value is -2.13. The molecule has 0 aliphatic heterocycles. The van der Waals surface area contributed by atoms with Crippen molar-refractivity contribution >= 4 is 34.0 Å². The van der Waals surface area contributed by atoms with E-state index >= 15 is 0 Å². The second-order valence-corrected chi connectivity index (χ2v) is 6.03. The maximum absolute atomic E-state index is 9.16. The molecule has 0 saturated heterocycles. The highest BCUT2D eigenvalue weighted by Crippen LogP contribution is 2.30. The number of methoxy groups -OCH3 is 1. The van der Waals surface area contributed by atoms with Gasteiger partial charge < -0.3 is 10.5 Å². The summed E-state index contributed by atoms with van der Waals surface area (Å²) in [6, 6.07) is 15.3. The van der Waals surface area contributed by atoms with Crippen LogP contribution in [-0.2, 0) is 6.42 Å². The summed E-state index contributed by atoms with van der Waals surface area (Å²) in [4.78, 5) is 4.59. The van der Waals surface area contributed by atoms with Gasteiger partial charge in [0.2, 0.25) is 0 Å². The first kappa shape index (κ1) is 17.2. The fourth-order valence-electron chi connectivity index (χ4n) is 2.34. The van der Waals surface area contributed by atoms with Gasteiger partial charge in [0, 0.05) is 0 Å². The highest BCUT2D eigenvalue weighted by Gasteiger charge is 2.15. The highest BCUT2D eigenvalue weighted by atomic mass is 35.5. The quantitative estimate of drug-likeness (QED) is 0.779. The topological polar surface area (TPSA) is 71.9 Å². The second-order valence-electron chi connectivity index (χ2n) is 4.97. The average molecular weight is 346 g/mol. The van der Waals surface area contributed by atoms with Crippen molar-refractivity contribution in [2.75, 3.05) is 7.11 Å². The zero-order chi connectivity index (χ0) is 15.5. The number of nitriles is 1. The lowest BCUT2D eigenvalue weighted by molar-refractivity contribution is 0.415. The minimum atomic E-state index is -0.224. The first-order valence-corrected chi connectivity index (χ1v) is 7.71. The smallest absolute Gasteiger partial charge is 0.120 e. The Morgan fingerprint density at radius 1 is 1.30 bits per heavy atom. The van der Waals surface area contributed by atoms with Gasteiger partial charge in [-0.3, -0.25) is 0 Å². The molecule has 4 nitrogen and oxygen atoms in total. The number of aromatic nitrogens is 1. The van der Waals surface area contributed by atoms with Gasteiger partial charge in [0.25, 0.3) is 0 Å². The molecule has 23 heavy (non-hydrogen) atoms. The van der Waals surface area contributed by atoms with Gasteiger partial charge in [-0.05, 0) is 36.2 Å². The molecule has 1 atom stereocenters. The summed E-state index contributed by atoms with van der Waals surface area (Å²) in [5, 5.41) is 10.0. The number of hydrogen-bond acceptors (Lipinski definition) is 5. The van der Waals surface area contributed by atoms with Gasteiger partial charge in [-0.1, -0.05) is 18.2 Å². The summed E-state index contributed by atoms with van der Waals surface area (Å²) in [7, 11) is 1.65. The van der Waals surface area contributed by atoms with Gasteiger partial charge in [0.05, 0.1) is 35.0 Å². The van der Waals surface area contributed by atoms with Crippen LogP contribution in [0.5, 0.6) is 5.75 Å². The van der Waals surface area contributed by atoms with Gasteiger partial charge in [-0.15, -0.1) is 23.7 Å². The minimum Gasteiger partial charge on any atom is -0.497 e. The lowest BCUT2D eigenvalue weighted by Crippen LogP contribution is -2.13. The van der Waals surface area contributed by atoms with Crippen LogP contribution in [0.3, 0.4) is 0 Å². The molecule has 0 fully saturated rings. The molecular weight excluding hydrogens is 330 g/mol. The number of hydrogen-bond donors (Lipinski definition) is 1. The van der Waals surface area contributed by atoms with Crippen LogP contribution in [0.2, 0.25) is 0 Å². The molecule has 0 spiro atoms. The average Bonchev–Trinajstić information content (AvgIpc) is 2.98. The largest absolute Gasteiger partial charge is 0.497 e.